The van der Waals surface area contributed by atoms with Gasteiger partial charge in [0.25, 0.3) is 0 Å². The summed E-state index contributed by atoms with van der Waals surface area (Å²) in [4.78, 5) is 18.5. The van der Waals surface area contributed by atoms with Crippen LogP contribution < -0.4 is 5.32 Å². The fraction of sp³-hybridized carbons (Fsp3) is 0.208. The van der Waals surface area contributed by atoms with Crippen LogP contribution in [0.25, 0.3) is 11.3 Å². The van der Waals surface area contributed by atoms with E-state index in [1.165, 1.54) is 11.1 Å². The molecule has 0 unspecified atom stereocenters. The lowest BCUT2D eigenvalue weighted by Gasteiger charge is -2.21. The number of imidazole rings is 2. The molecule has 7 nitrogen and oxygen atoms in total. The van der Waals surface area contributed by atoms with E-state index in [-0.39, 0.29) is 24.0 Å². The summed E-state index contributed by atoms with van der Waals surface area (Å²) in [6.07, 6.45) is 7.48. The monoisotopic (exact) mass is 541 g/mol. The second-order valence-electron chi connectivity index (χ2n) is 7.42. The minimum absolute atomic E-state index is 0. The zero-order valence-electron chi connectivity index (χ0n) is 18.3. The highest BCUT2D eigenvalue weighted by Gasteiger charge is 2.10. The van der Waals surface area contributed by atoms with Gasteiger partial charge in [-0.05, 0) is 16.7 Å². The molecule has 0 amide bonds. The Hall–Kier alpha value is -3.14. The van der Waals surface area contributed by atoms with Crippen molar-refractivity contribution in [2.45, 2.75) is 19.6 Å². The number of rotatable bonds is 7. The first-order valence-electron chi connectivity index (χ1n) is 10.3. The van der Waals surface area contributed by atoms with Gasteiger partial charge >= 0.3 is 0 Å². The number of aromatic nitrogens is 4. The van der Waals surface area contributed by atoms with Gasteiger partial charge in [-0.25, -0.2) is 9.97 Å². The molecule has 0 spiro atoms. The van der Waals surface area contributed by atoms with Crippen LogP contribution in [0.15, 0.2) is 84.5 Å². The van der Waals surface area contributed by atoms with Crippen LogP contribution in [-0.4, -0.2) is 44.5 Å². The van der Waals surface area contributed by atoms with Crippen molar-refractivity contribution in [1.82, 2.24) is 29.7 Å². The average Bonchev–Trinajstić information content (AvgIpc) is 3.47. The summed E-state index contributed by atoms with van der Waals surface area (Å²) in [6.45, 7) is 2.14. The number of aromatic amines is 1. The van der Waals surface area contributed by atoms with Gasteiger partial charge in [0.15, 0.2) is 5.96 Å². The highest BCUT2D eigenvalue weighted by molar-refractivity contribution is 14.0. The molecule has 0 bridgehead atoms. The number of hydrogen-bond acceptors (Lipinski definition) is 3. The van der Waals surface area contributed by atoms with Gasteiger partial charge in [0.05, 0.1) is 24.8 Å². The molecule has 0 saturated carbocycles. The summed E-state index contributed by atoms with van der Waals surface area (Å²) in [5, 5.41) is 3.45. The van der Waals surface area contributed by atoms with Gasteiger partial charge in [-0.2, -0.15) is 0 Å². The van der Waals surface area contributed by atoms with Crippen LogP contribution in [0.4, 0.5) is 0 Å². The molecule has 166 valence electrons. The normalized spacial score (nSPS) is 11.1. The Morgan fingerprint density at radius 2 is 1.94 bits per heavy atom. The van der Waals surface area contributed by atoms with E-state index >= 15 is 0 Å². The fourth-order valence-electron chi connectivity index (χ4n) is 3.50. The number of nitrogens with zero attached hydrogens (tertiary/aromatic N) is 5. The van der Waals surface area contributed by atoms with Crippen molar-refractivity contribution in [1.29, 1.82) is 0 Å². The second kappa shape index (κ2) is 11.5. The zero-order chi connectivity index (χ0) is 21.5. The third kappa shape index (κ3) is 6.19. The van der Waals surface area contributed by atoms with Crippen LogP contribution in [0, 0.1) is 0 Å². The number of H-pyrrole nitrogens is 1. The first-order valence-corrected chi connectivity index (χ1v) is 10.3. The highest BCUT2D eigenvalue weighted by atomic mass is 127. The van der Waals surface area contributed by atoms with Gasteiger partial charge in [0, 0.05) is 39.6 Å². The average molecular weight is 541 g/mol. The summed E-state index contributed by atoms with van der Waals surface area (Å²) in [6, 6.07) is 18.8. The van der Waals surface area contributed by atoms with E-state index in [4.69, 9.17) is 0 Å². The standard InChI is InChI=1S/C24H27N7.HI/c1-25-24(28-14-19-7-6-8-20(13-19)16-31-12-11-26-18-31)30(2)17-23-27-15-22(29-23)21-9-4-3-5-10-21;/h3-13,15,18H,14,16-17H2,1-2H3,(H,25,28)(H,27,29);1H. The van der Waals surface area contributed by atoms with Gasteiger partial charge in [-0.1, -0.05) is 54.6 Å². The van der Waals surface area contributed by atoms with Crippen LogP contribution >= 0.6 is 24.0 Å². The largest absolute Gasteiger partial charge is 0.352 e. The quantitative estimate of drug-likeness (QED) is 0.210. The van der Waals surface area contributed by atoms with E-state index in [9.17, 15) is 0 Å². The number of nitrogens with one attached hydrogen (secondary N) is 2. The fourth-order valence-corrected chi connectivity index (χ4v) is 3.50. The Morgan fingerprint density at radius 1 is 1.12 bits per heavy atom. The Labute approximate surface area is 205 Å². The predicted molar refractivity (Wildman–Crippen MR) is 139 cm³/mol. The molecule has 2 heterocycles. The minimum atomic E-state index is 0. The molecule has 2 aromatic carbocycles. The molecule has 0 radical (unpaired) electrons. The van der Waals surface area contributed by atoms with E-state index in [1.54, 1.807) is 13.2 Å². The maximum absolute atomic E-state index is 4.53. The predicted octanol–water partition coefficient (Wildman–Crippen LogP) is 4.15. The smallest absolute Gasteiger partial charge is 0.194 e. The molecule has 4 rings (SSSR count). The van der Waals surface area contributed by atoms with Crippen molar-refractivity contribution in [3.05, 3.63) is 96.5 Å². The van der Waals surface area contributed by atoms with Crippen LogP contribution in [-0.2, 0) is 19.6 Å². The lowest BCUT2D eigenvalue weighted by atomic mass is 10.1. The van der Waals surface area contributed by atoms with Crippen LogP contribution in [0.2, 0.25) is 0 Å². The van der Waals surface area contributed by atoms with E-state index in [0.29, 0.717) is 13.1 Å². The van der Waals surface area contributed by atoms with Crippen molar-refractivity contribution in [3.8, 4) is 11.3 Å². The Kier molecular flexibility index (Phi) is 8.43. The van der Waals surface area contributed by atoms with Crippen molar-refractivity contribution < 1.29 is 0 Å². The van der Waals surface area contributed by atoms with Gasteiger partial charge in [-0.15, -0.1) is 24.0 Å². The molecule has 2 aromatic heterocycles. The molecule has 2 N–H and O–H groups in total. The third-order valence-corrected chi connectivity index (χ3v) is 5.04. The summed E-state index contributed by atoms with van der Waals surface area (Å²) < 4.78 is 2.06. The second-order valence-corrected chi connectivity index (χ2v) is 7.42. The summed E-state index contributed by atoms with van der Waals surface area (Å²) in [5.41, 5.74) is 4.59. The van der Waals surface area contributed by atoms with E-state index in [0.717, 1.165) is 29.6 Å². The SMILES string of the molecule is CN=C(NCc1cccc(Cn2ccnc2)c1)N(C)Cc1ncc(-c2ccccc2)[nH]1.I. The van der Waals surface area contributed by atoms with Crippen molar-refractivity contribution in [2.24, 2.45) is 4.99 Å². The molecule has 0 aliphatic rings. The first kappa shape index (κ1) is 23.5. The molecule has 0 fully saturated rings. The summed E-state index contributed by atoms with van der Waals surface area (Å²) >= 11 is 0. The number of guanidine groups is 1. The molecule has 4 aromatic rings. The van der Waals surface area contributed by atoms with Crippen LogP contribution in [0.5, 0.6) is 0 Å². The summed E-state index contributed by atoms with van der Waals surface area (Å²) in [7, 11) is 3.81. The number of hydrogen-bond donors (Lipinski definition) is 2. The zero-order valence-corrected chi connectivity index (χ0v) is 20.6. The van der Waals surface area contributed by atoms with Crippen LogP contribution in [0.3, 0.4) is 0 Å². The Bertz CT molecular complexity index is 1120. The molecular formula is C24H28IN7. The topological polar surface area (TPSA) is 74.1 Å². The molecule has 32 heavy (non-hydrogen) atoms. The Balaban J connectivity index is 0.00000289. The molecule has 0 aliphatic carbocycles. The van der Waals surface area contributed by atoms with E-state index in [1.807, 2.05) is 44.0 Å². The van der Waals surface area contributed by atoms with Gasteiger partial charge in [0.2, 0.25) is 0 Å². The minimum Gasteiger partial charge on any atom is -0.352 e. The van der Waals surface area contributed by atoms with E-state index < -0.39 is 0 Å². The van der Waals surface area contributed by atoms with E-state index in [2.05, 4.69) is 71.1 Å². The van der Waals surface area contributed by atoms with Crippen molar-refractivity contribution in [3.63, 3.8) is 0 Å². The molecular weight excluding hydrogens is 513 g/mol. The number of benzene rings is 2. The van der Waals surface area contributed by atoms with Gasteiger partial charge in [0.1, 0.15) is 5.82 Å². The maximum atomic E-state index is 4.53. The third-order valence-electron chi connectivity index (χ3n) is 5.04. The molecule has 8 heteroatoms. The summed E-state index contributed by atoms with van der Waals surface area (Å²) in [5.74, 6) is 1.71. The maximum Gasteiger partial charge on any atom is 0.194 e. The van der Waals surface area contributed by atoms with Gasteiger partial charge < -0.3 is 19.8 Å². The van der Waals surface area contributed by atoms with Gasteiger partial charge in [-0.3, -0.25) is 4.99 Å². The highest BCUT2D eigenvalue weighted by Crippen LogP contribution is 2.16. The number of halogens is 1. The Morgan fingerprint density at radius 3 is 2.69 bits per heavy atom. The molecule has 0 aliphatic heterocycles. The first-order chi connectivity index (χ1) is 15.2. The van der Waals surface area contributed by atoms with Crippen LogP contribution in [0.1, 0.15) is 17.0 Å². The lowest BCUT2D eigenvalue weighted by Crippen LogP contribution is -2.38. The van der Waals surface area contributed by atoms with Crippen molar-refractivity contribution in [2.75, 3.05) is 14.1 Å². The molecule has 0 saturated heterocycles. The van der Waals surface area contributed by atoms with Crippen molar-refractivity contribution >= 4 is 29.9 Å². The number of aliphatic imine (C=N–C) groups is 1. The molecule has 0 atom stereocenters. The lowest BCUT2D eigenvalue weighted by molar-refractivity contribution is 0.464.